The number of hydrogen-bond acceptors (Lipinski definition) is 6. The van der Waals surface area contributed by atoms with Crippen LogP contribution < -0.4 is 4.90 Å². The molecule has 1 atom stereocenters. The summed E-state index contributed by atoms with van der Waals surface area (Å²) in [6.45, 7) is 3.09. The minimum atomic E-state index is 0.383. The Morgan fingerprint density at radius 2 is 2.37 bits per heavy atom. The molecule has 19 heavy (non-hydrogen) atoms. The SMILES string of the molecule is CC1CCN1c1nc(Cl)cc2nc(C=NO)cnc12. The second-order valence-corrected chi connectivity index (χ2v) is 4.89. The van der Waals surface area contributed by atoms with Crippen LogP contribution in [0.25, 0.3) is 11.0 Å². The number of rotatable bonds is 2. The number of pyridine rings is 1. The molecule has 2 aromatic heterocycles. The number of halogens is 1. The van der Waals surface area contributed by atoms with Crippen molar-refractivity contribution in [2.75, 3.05) is 11.4 Å². The van der Waals surface area contributed by atoms with Gasteiger partial charge in [-0.3, -0.25) is 0 Å². The van der Waals surface area contributed by atoms with E-state index in [9.17, 15) is 0 Å². The van der Waals surface area contributed by atoms with Crippen LogP contribution in [0.1, 0.15) is 19.0 Å². The Hall–Kier alpha value is -1.95. The lowest BCUT2D eigenvalue weighted by molar-refractivity contribution is 0.321. The molecule has 1 unspecified atom stereocenters. The topological polar surface area (TPSA) is 74.5 Å². The van der Waals surface area contributed by atoms with E-state index < -0.39 is 0 Å². The van der Waals surface area contributed by atoms with Gasteiger partial charge in [0.1, 0.15) is 16.4 Å². The van der Waals surface area contributed by atoms with Crippen molar-refractivity contribution < 1.29 is 5.21 Å². The number of anilines is 1. The molecule has 0 spiro atoms. The molecular formula is C12H12ClN5O. The molecule has 1 aliphatic rings. The van der Waals surface area contributed by atoms with E-state index in [1.807, 2.05) is 0 Å². The first-order chi connectivity index (χ1) is 9.19. The van der Waals surface area contributed by atoms with Crippen LogP contribution in [0.3, 0.4) is 0 Å². The van der Waals surface area contributed by atoms with Gasteiger partial charge in [-0.1, -0.05) is 16.8 Å². The minimum Gasteiger partial charge on any atom is -0.411 e. The molecule has 0 radical (unpaired) electrons. The summed E-state index contributed by atoms with van der Waals surface area (Å²) in [5.74, 6) is 0.765. The van der Waals surface area contributed by atoms with Gasteiger partial charge < -0.3 is 10.1 Å². The molecule has 1 N–H and O–H groups in total. The number of nitrogens with zero attached hydrogens (tertiary/aromatic N) is 5. The summed E-state index contributed by atoms with van der Waals surface area (Å²) < 4.78 is 0. The molecule has 1 aliphatic heterocycles. The van der Waals surface area contributed by atoms with Crippen molar-refractivity contribution in [2.45, 2.75) is 19.4 Å². The Morgan fingerprint density at radius 3 is 3.00 bits per heavy atom. The van der Waals surface area contributed by atoms with Gasteiger partial charge in [0.15, 0.2) is 5.82 Å². The highest BCUT2D eigenvalue weighted by Crippen LogP contribution is 2.31. The smallest absolute Gasteiger partial charge is 0.158 e. The highest BCUT2D eigenvalue weighted by molar-refractivity contribution is 6.30. The molecule has 98 valence electrons. The fourth-order valence-electron chi connectivity index (χ4n) is 2.14. The van der Waals surface area contributed by atoms with E-state index in [-0.39, 0.29) is 0 Å². The summed E-state index contributed by atoms with van der Waals surface area (Å²) in [5.41, 5.74) is 1.83. The molecule has 0 aromatic carbocycles. The highest BCUT2D eigenvalue weighted by Gasteiger charge is 2.27. The second-order valence-electron chi connectivity index (χ2n) is 4.51. The fourth-order valence-corrected chi connectivity index (χ4v) is 2.33. The Morgan fingerprint density at radius 1 is 1.53 bits per heavy atom. The summed E-state index contributed by atoms with van der Waals surface area (Å²) in [7, 11) is 0. The van der Waals surface area contributed by atoms with Gasteiger partial charge in [-0.2, -0.15) is 0 Å². The molecule has 1 saturated heterocycles. The van der Waals surface area contributed by atoms with Gasteiger partial charge in [-0.05, 0) is 13.3 Å². The molecule has 3 heterocycles. The quantitative estimate of drug-likeness (QED) is 0.394. The normalized spacial score (nSPS) is 19.1. The van der Waals surface area contributed by atoms with Crippen molar-refractivity contribution in [2.24, 2.45) is 5.16 Å². The van der Waals surface area contributed by atoms with Crippen LogP contribution in [0.2, 0.25) is 5.15 Å². The van der Waals surface area contributed by atoms with E-state index in [1.54, 1.807) is 12.3 Å². The van der Waals surface area contributed by atoms with E-state index in [1.165, 1.54) is 6.21 Å². The molecule has 0 amide bonds. The first kappa shape index (κ1) is 12.1. The zero-order valence-corrected chi connectivity index (χ0v) is 11.0. The van der Waals surface area contributed by atoms with Crippen molar-refractivity contribution >= 4 is 34.7 Å². The summed E-state index contributed by atoms with van der Waals surface area (Å²) in [6.07, 6.45) is 3.91. The molecule has 6 nitrogen and oxygen atoms in total. The van der Waals surface area contributed by atoms with Gasteiger partial charge in [0.2, 0.25) is 0 Å². The van der Waals surface area contributed by atoms with E-state index in [2.05, 4.69) is 31.9 Å². The maximum atomic E-state index is 8.53. The van der Waals surface area contributed by atoms with Gasteiger partial charge in [0, 0.05) is 18.7 Å². The van der Waals surface area contributed by atoms with Gasteiger partial charge in [0.05, 0.1) is 17.9 Å². The summed E-state index contributed by atoms with van der Waals surface area (Å²) in [6, 6.07) is 2.10. The van der Waals surface area contributed by atoms with E-state index in [0.717, 1.165) is 18.8 Å². The zero-order chi connectivity index (χ0) is 13.4. The molecule has 7 heteroatoms. The Kier molecular flexibility index (Phi) is 2.94. The summed E-state index contributed by atoms with van der Waals surface area (Å²) in [4.78, 5) is 15.2. The monoisotopic (exact) mass is 277 g/mol. The van der Waals surface area contributed by atoms with Crippen LogP contribution in [0, 0.1) is 0 Å². The van der Waals surface area contributed by atoms with Gasteiger partial charge in [-0.25, -0.2) is 15.0 Å². The lowest BCUT2D eigenvalue weighted by Crippen LogP contribution is -2.46. The standard InChI is InChI=1S/C12H12ClN5O/c1-7-2-3-18(7)12-11-9(4-10(13)17-12)16-8(5-14-11)6-15-19/h4-7,19H,2-3H2,1H3. The maximum Gasteiger partial charge on any atom is 0.158 e. The van der Waals surface area contributed by atoms with Gasteiger partial charge in [0.25, 0.3) is 0 Å². The van der Waals surface area contributed by atoms with Crippen LogP contribution in [-0.2, 0) is 0 Å². The van der Waals surface area contributed by atoms with Gasteiger partial charge >= 0.3 is 0 Å². The van der Waals surface area contributed by atoms with Crippen molar-refractivity contribution in [1.82, 2.24) is 15.0 Å². The molecule has 0 bridgehead atoms. The van der Waals surface area contributed by atoms with Crippen molar-refractivity contribution in [1.29, 1.82) is 0 Å². The van der Waals surface area contributed by atoms with E-state index in [0.29, 0.717) is 27.9 Å². The second kappa shape index (κ2) is 4.62. The van der Waals surface area contributed by atoms with Crippen molar-refractivity contribution in [3.05, 3.63) is 23.1 Å². The van der Waals surface area contributed by atoms with Crippen LogP contribution in [0.15, 0.2) is 17.4 Å². The molecule has 0 saturated carbocycles. The molecule has 0 aliphatic carbocycles. The predicted molar refractivity (Wildman–Crippen MR) is 73.1 cm³/mol. The minimum absolute atomic E-state index is 0.383. The first-order valence-corrected chi connectivity index (χ1v) is 6.34. The lowest BCUT2D eigenvalue weighted by atomic mass is 10.1. The van der Waals surface area contributed by atoms with Crippen molar-refractivity contribution in [3.8, 4) is 0 Å². The fraction of sp³-hybridized carbons (Fsp3) is 0.333. The third-order valence-electron chi connectivity index (χ3n) is 3.28. The summed E-state index contributed by atoms with van der Waals surface area (Å²) >= 11 is 6.04. The number of aromatic nitrogens is 3. The van der Waals surface area contributed by atoms with Crippen LogP contribution in [0.4, 0.5) is 5.82 Å². The third kappa shape index (κ3) is 2.08. The van der Waals surface area contributed by atoms with Crippen LogP contribution in [-0.4, -0.2) is 39.0 Å². The average molecular weight is 278 g/mol. The Bertz CT molecular complexity index is 660. The number of fused-ring (bicyclic) bond motifs is 1. The third-order valence-corrected chi connectivity index (χ3v) is 3.47. The maximum absolute atomic E-state index is 8.53. The Labute approximate surface area is 114 Å². The lowest BCUT2D eigenvalue weighted by Gasteiger charge is -2.39. The van der Waals surface area contributed by atoms with Crippen LogP contribution >= 0.6 is 11.6 Å². The first-order valence-electron chi connectivity index (χ1n) is 5.96. The molecular weight excluding hydrogens is 266 g/mol. The van der Waals surface area contributed by atoms with E-state index in [4.69, 9.17) is 16.8 Å². The zero-order valence-electron chi connectivity index (χ0n) is 10.3. The van der Waals surface area contributed by atoms with E-state index >= 15 is 0 Å². The largest absolute Gasteiger partial charge is 0.411 e. The van der Waals surface area contributed by atoms with Crippen LogP contribution in [0.5, 0.6) is 0 Å². The molecule has 2 aromatic rings. The number of oxime groups is 1. The predicted octanol–water partition coefficient (Wildman–Crippen LogP) is 2.08. The molecule has 3 rings (SSSR count). The average Bonchev–Trinajstić information content (AvgIpc) is 2.36. The Balaban J connectivity index is 2.16. The van der Waals surface area contributed by atoms with Gasteiger partial charge in [-0.15, -0.1) is 0 Å². The molecule has 1 fully saturated rings. The number of hydrogen-bond donors (Lipinski definition) is 1. The van der Waals surface area contributed by atoms with Crippen molar-refractivity contribution in [3.63, 3.8) is 0 Å². The summed E-state index contributed by atoms with van der Waals surface area (Å²) in [5, 5.41) is 11.9. The highest BCUT2D eigenvalue weighted by atomic mass is 35.5.